The number of hydrogen-bond donors (Lipinski definition) is 3. The fourth-order valence-corrected chi connectivity index (χ4v) is 3.44. The summed E-state index contributed by atoms with van der Waals surface area (Å²) in [5.74, 6) is 0. The molecule has 0 fully saturated rings. The molecule has 0 heterocycles. The second-order valence-corrected chi connectivity index (χ2v) is 6.34. The van der Waals surface area contributed by atoms with E-state index in [2.05, 4.69) is 4.72 Å². The molecular weight excluding hydrogens is 292 g/mol. The van der Waals surface area contributed by atoms with Gasteiger partial charge < -0.3 is 15.6 Å². The number of ether oxygens (including phenoxy) is 1. The van der Waals surface area contributed by atoms with E-state index in [4.69, 9.17) is 15.6 Å². The van der Waals surface area contributed by atoms with Crippen LogP contribution in [0.5, 0.6) is 0 Å². The second-order valence-electron chi connectivity index (χ2n) is 4.60. The molecular formula is C14H24N2O4S. The molecule has 0 aliphatic heterocycles. The van der Waals surface area contributed by atoms with Crippen molar-refractivity contribution >= 4 is 15.7 Å². The minimum Gasteiger partial charge on any atom is -0.398 e. The van der Waals surface area contributed by atoms with Crippen LogP contribution in [0, 0.1) is 0 Å². The molecule has 1 aromatic carbocycles. The van der Waals surface area contributed by atoms with Gasteiger partial charge in [0, 0.05) is 12.2 Å². The number of aliphatic hydroxyl groups excluding tert-OH is 1. The summed E-state index contributed by atoms with van der Waals surface area (Å²) in [6.45, 7) is 4.31. The maximum atomic E-state index is 12.4. The molecule has 6 nitrogen and oxygen atoms in total. The lowest BCUT2D eigenvalue weighted by Crippen LogP contribution is -2.29. The first-order valence-corrected chi connectivity index (χ1v) is 8.54. The van der Waals surface area contributed by atoms with Crippen LogP contribution in [0.2, 0.25) is 0 Å². The molecule has 0 radical (unpaired) electrons. The molecule has 4 N–H and O–H groups in total. The highest BCUT2D eigenvalue weighted by Gasteiger charge is 2.20. The molecule has 0 saturated heterocycles. The Bertz CT molecular complexity index is 558. The summed E-state index contributed by atoms with van der Waals surface area (Å²) in [5.41, 5.74) is 7.99. The average Bonchev–Trinajstić information content (AvgIpc) is 2.46. The Hall–Kier alpha value is -1.15. The van der Waals surface area contributed by atoms with E-state index in [1.165, 1.54) is 0 Å². The lowest BCUT2D eigenvalue weighted by Gasteiger charge is -2.14. The van der Waals surface area contributed by atoms with Crippen LogP contribution in [0.25, 0.3) is 0 Å². The Kier molecular flexibility index (Phi) is 7.10. The Morgan fingerprint density at radius 1 is 1.24 bits per heavy atom. The molecule has 0 saturated carbocycles. The molecule has 21 heavy (non-hydrogen) atoms. The van der Waals surface area contributed by atoms with E-state index in [9.17, 15) is 8.42 Å². The van der Waals surface area contributed by atoms with Gasteiger partial charge in [0.05, 0.1) is 24.7 Å². The molecule has 0 unspecified atom stereocenters. The minimum absolute atomic E-state index is 0.0815. The minimum atomic E-state index is -3.62. The van der Waals surface area contributed by atoms with Crippen molar-refractivity contribution in [3.8, 4) is 0 Å². The van der Waals surface area contributed by atoms with Gasteiger partial charge in [0.2, 0.25) is 10.0 Å². The molecule has 120 valence electrons. The number of aliphatic hydroxyl groups is 1. The van der Waals surface area contributed by atoms with Gasteiger partial charge in [-0.25, -0.2) is 13.1 Å². The molecule has 0 aromatic heterocycles. The van der Waals surface area contributed by atoms with E-state index < -0.39 is 10.0 Å². The summed E-state index contributed by atoms with van der Waals surface area (Å²) in [6.07, 6.45) is 1.27. The molecule has 1 rings (SSSR count). The molecule has 0 spiro atoms. The standard InChI is InChI=1S/C14H24N2O4S/c1-3-11-9-13(15)12(4-2)14(10-11)21(18,19)16-5-7-20-8-6-17/h9-10,16-17H,3-8,15H2,1-2H3. The van der Waals surface area contributed by atoms with Gasteiger partial charge in [0.15, 0.2) is 0 Å². The summed E-state index contributed by atoms with van der Waals surface area (Å²) in [4.78, 5) is 0.240. The zero-order valence-electron chi connectivity index (χ0n) is 12.6. The molecule has 7 heteroatoms. The third kappa shape index (κ3) is 4.96. The van der Waals surface area contributed by atoms with E-state index in [-0.39, 0.29) is 31.3 Å². The van der Waals surface area contributed by atoms with Crippen molar-refractivity contribution in [3.05, 3.63) is 23.3 Å². The first kappa shape index (κ1) is 17.9. The van der Waals surface area contributed by atoms with Gasteiger partial charge in [-0.1, -0.05) is 13.8 Å². The van der Waals surface area contributed by atoms with Gasteiger partial charge in [0.25, 0.3) is 0 Å². The van der Waals surface area contributed by atoms with Crippen LogP contribution in [-0.4, -0.2) is 39.9 Å². The number of benzene rings is 1. The molecule has 0 aliphatic rings. The Morgan fingerprint density at radius 2 is 1.95 bits per heavy atom. The normalized spacial score (nSPS) is 11.8. The summed E-state index contributed by atoms with van der Waals surface area (Å²) in [7, 11) is -3.62. The van der Waals surface area contributed by atoms with Crippen LogP contribution in [0.3, 0.4) is 0 Å². The molecule has 0 amide bonds. The monoisotopic (exact) mass is 316 g/mol. The smallest absolute Gasteiger partial charge is 0.241 e. The number of anilines is 1. The number of aryl methyl sites for hydroxylation is 1. The zero-order chi connectivity index (χ0) is 15.9. The number of nitrogens with two attached hydrogens (primary N) is 1. The quantitative estimate of drug-likeness (QED) is 0.459. The number of sulfonamides is 1. The summed E-state index contributed by atoms with van der Waals surface area (Å²) < 4.78 is 32.3. The highest BCUT2D eigenvalue weighted by Crippen LogP contribution is 2.25. The van der Waals surface area contributed by atoms with Gasteiger partial charge >= 0.3 is 0 Å². The number of nitrogens with one attached hydrogen (secondary N) is 1. The summed E-state index contributed by atoms with van der Waals surface area (Å²) in [5, 5.41) is 8.58. The van der Waals surface area contributed by atoms with E-state index in [0.29, 0.717) is 17.7 Å². The van der Waals surface area contributed by atoms with Crippen molar-refractivity contribution in [2.24, 2.45) is 0 Å². The van der Waals surface area contributed by atoms with Gasteiger partial charge in [-0.05, 0) is 36.1 Å². The van der Waals surface area contributed by atoms with Gasteiger partial charge in [-0.15, -0.1) is 0 Å². The van der Waals surface area contributed by atoms with Crippen LogP contribution >= 0.6 is 0 Å². The highest BCUT2D eigenvalue weighted by atomic mass is 32.2. The SMILES string of the molecule is CCc1cc(N)c(CC)c(S(=O)(=O)NCCOCCO)c1. The van der Waals surface area contributed by atoms with Crippen molar-refractivity contribution in [1.29, 1.82) is 0 Å². The predicted molar refractivity (Wildman–Crippen MR) is 82.7 cm³/mol. The maximum absolute atomic E-state index is 12.4. The van der Waals surface area contributed by atoms with Crippen molar-refractivity contribution in [2.75, 3.05) is 32.1 Å². The maximum Gasteiger partial charge on any atom is 0.241 e. The fourth-order valence-electron chi connectivity index (χ4n) is 2.04. The number of hydrogen-bond acceptors (Lipinski definition) is 5. The van der Waals surface area contributed by atoms with Gasteiger partial charge in [-0.3, -0.25) is 0 Å². The van der Waals surface area contributed by atoms with E-state index in [1.54, 1.807) is 6.07 Å². The molecule has 0 atom stereocenters. The first-order chi connectivity index (χ1) is 9.96. The third-order valence-electron chi connectivity index (χ3n) is 3.13. The van der Waals surface area contributed by atoms with Gasteiger partial charge in [0.1, 0.15) is 0 Å². The topological polar surface area (TPSA) is 102 Å². The van der Waals surface area contributed by atoms with Crippen molar-refractivity contribution in [3.63, 3.8) is 0 Å². The van der Waals surface area contributed by atoms with Crippen LogP contribution in [-0.2, 0) is 27.6 Å². The Morgan fingerprint density at radius 3 is 2.52 bits per heavy atom. The van der Waals surface area contributed by atoms with Crippen molar-refractivity contribution in [1.82, 2.24) is 4.72 Å². The van der Waals surface area contributed by atoms with Crippen LogP contribution in [0.15, 0.2) is 17.0 Å². The molecule has 0 aliphatic carbocycles. The van der Waals surface area contributed by atoms with E-state index in [0.717, 1.165) is 12.0 Å². The fraction of sp³-hybridized carbons (Fsp3) is 0.571. The summed E-state index contributed by atoms with van der Waals surface area (Å²) in [6, 6.07) is 3.49. The Balaban J connectivity index is 2.93. The molecule has 0 bridgehead atoms. The lowest BCUT2D eigenvalue weighted by atomic mass is 10.1. The van der Waals surface area contributed by atoms with Crippen molar-refractivity contribution < 1.29 is 18.3 Å². The lowest BCUT2D eigenvalue weighted by molar-refractivity contribution is 0.0961. The van der Waals surface area contributed by atoms with Crippen LogP contribution in [0.1, 0.15) is 25.0 Å². The molecule has 1 aromatic rings. The summed E-state index contributed by atoms with van der Waals surface area (Å²) >= 11 is 0. The number of rotatable bonds is 9. The average molecular weight is 316 g/mol. The number of nitrogen functional groups attached to an aromatic ring is 1. The first-order valence-electron chi connectivity index (χ1n) is 7.05. The van der Waals surface area contributed by atoms with E-state index >= 15 is 0 Å². The predicted octanol–water partition coefficient (Wildman–Crippen LogP) is 0.681. The van der Waals surface area contributed by atoms with Crippen LogP contribution in [0.4, 0.5) is 5.69 Å². The largest absolute Gasteiger partial charge is 0.398 e. The third-order valence-corrected chi connectivity index (χ3v) is 4.66. The van der Waals surface area contributed by atoms with Crippen molar-refractivity contribution in [2.45, 2.75) is 31.6 Å². The Labute approximate surface area is 126 Å². The van der Waals surface area contributed by atoms with Gasteiger partial charge in [-0.2, -0.15) is 0 Å². The second kappa shape index (κ2) is 8.33. The van der Waals surface area contributed by atoms with E-state index in [1.807, 2.05) is 19.9 Å². The highest BCUT2D eigenvalue weighted by molar-refractivity contribution is 7.89. The zero-order valence-corrected chi connectivity index (χ0v) is 13.4. The van der Waals surface area contributed by atoms with Crippen LogP contribution < -0.4 is 10.5 Å².